The topological polar surface area (TPSA) is 120 Å². The molecule has 0 bridgehead atoms. The molecule has 0 spiro atoms. The van der Waals surface area contributed by atoms with E-state index in [1.165, 1.54) is 0 Å². The van der Waals surface area contributed by atoms with Crippen LogP contribution in [0, 0.1) is 0 Å². The molecular weight excluding hydrogens is 268 g/mol. The number of aliphatic hydroxyl groups excluding tert-OH is 2. The summed E-state index contributed by atoms with van der Waals surface area (Å²) in [5.74, 6) is -2.80. The first-order valence-electron chi connectivity index (χ1n) is 5.04. The van der Waals surface area contributed by atoms with Gasteiger partial charge in [0.05, 0.1) is 0 Å². The zero-order valence-corrected chi connectivity index (χ0v) is 9.86. The Kier molecular flexibility index (Phi) is 4.89. The second kappa shape index (κ2) is 6.02. The van der Waals surface area contributed by atoms with E-state index in [0.29, 0.717) is 4.57 Å². The number of nitrogen functional groups attached to an aromatic ring is 1. The first-order valence-corrected chi connectivity index (χ1v) is 5.04. The maximum absolute atomic E-state index is 14.0. The maximum atomic E-state index is 14.0. The summed E-state index contributed by atoms with van der Waals surface area (Å²) in [6.07, 6.45) is -3.88. The Hall–Kier alpha value is -1.62. The van der Waals surface area contributed by atoms with Gasteiger partial charge in [0.1, 0.15) is 12.4 Å². The second-order valence-corrected chi connectivity index (χ2v) is 3.61. The van der Waals surface area contributed by atoms with Crippen molar-refractivity contribution in [3.05, 3.63) is 22.7 Å². The van der Waals surface area contributed by atoms with Gasteiger partial charge in [-0.2, -0.15) is 9.93 Å². The zero-order chi connectivity index (χ0) is 14.6. The summed E-state index contributed by atoms with van der Waals surface area (Å²) in [6, 6.07) is 1.10. The second-order valence-electron chi connectivity index (χ2n) is 3.61. The lowest BCUT2D eigenvalue weighted by atomic mass is 10.1. The number of hydrogen-bond acceptors (Lipinski definition) is 7. The number of methoxy groups -OCH3 is 1. The van der Waals surface area contributed by atoms with Gasteiger partial charge in [-0.05, 0) is 10.6 Å². The van der Waals surface area contributed by atoms with Crippen LogP contribution in [0.4, 0.5) is 14.7 Å². The minimum Gasteiger partial charge on any atom is -0.391 e. The van der Waals surface area contributed by atoms with E-state index >= 15 is 0 Å². The van der Waals surface area contributed by atoms with Gasteiger partial charge in [-0.3, -0.25) is 4.57 Å². The van der Waals surface area contributed by atoms with Crippen LogP contribution in [0.2, 0.25) is 0 Å². The molecule has 1 heterocycles. The Balaban J connectivity index is 3.11. The van der Waals surface area contributed by atoms with E-state index in [4.69, 9.17) is 10.8 Å². The van der Waals surface area contributed by atoms with Crippen LogP contribution < -0.4 is 11.4 Å². The lowest BCUT2D eigenvalue weighted by Gasteiger charge is -2.32. The molecule has 1 rings (SSSR count). The summed E-state index contributed by atoms with van der Waals surface area (Å²) >= 11 is 0. The minimum atomic E-state index is -2.65. The van der Waals surface area contributed by atoms with Crippen molar-refractivity contribution in [3.8, 4) is 0 Å². The molecule has 0 radical (unpaired) electrons. The predicted molar refractivity (Wildman–Crippen MR) is 58.1 cm³/mol. The number of aromatic nitrogens is 2. The predicted octanol–water partition coefficient (Wildman–Crippen LogP) is -1.11. The lowest BCUT2D eigenvalue weighted by molar-refractivity contribution is -0.386. The molecule has 108 valence electrons. The number of nitrogens with zero attached hydrogens (tertiary/aromatic N) is 2. The molecule has 0 aliphatic heterocycles. The van der Waals surface area contributed by atoms with E-state index in [0.717, 1.165) is 19.4 Å². The van der Waals surface area contributed by atoms with Gasteiger partial charge in [0.2, 0.25) is 6.30 Å². The number of ether oxygens (including phenoxy) is 1. The molecule has 0 saturated heterocycles. The third kappa shape index (κ3) is 2.87. The van der Waals surface area contributed by atoms with Crippen molar-refractivity contribution in [3.63, 3.8) is 0 Å². The molecule has 4 N–H and O–H groups in total. The van der Waals surface area contributed by atoms with Gasteiger partial charge in [-0.1, -0.05) is 0 Å². The Labute approximate surface area is 105 Å². The summed E-state index contributed by atoms with van der Waals surface area (Å²) in [7, 11) is 0.885. The highest BCUT2D eigenvalue weighted by Crippen LogP contribution is 2.26. The monoisotopic (exact) mass is 281 g/mol. The number of nitrogens with two attached hydrogens (primary N) is 1. The van der Waals surface area contributed by atoms with Gasteiger partial charge in [0, 0.05) is 13.3 Å². The largest absolute Gasteiger partial charge is 0.391 e. The van der Waals surface area contributed by atoms with E-state index < -0.39 is 30.5 Å². The molecule has 0 amide bonds. The molecule has 10 heteroatoms. The van der Waals surface area contributed by atoms with Crippen molar-refractivity contribution in [1.29, 1.82) is 0 Å². The zero-order valence-electron chi connectivity index (χ0n) is 9.86. The Bertz CT molecular complexity index is 471. The van der Waals surface area contributed by atoms with Crippen molar-refractivity contribution < 1.29 is 28.8 Å². The fourth-order valence-corrected chi connectivity index (χ4v) is 1.36. The van der Waals surface area contributed by atoms with Crippen molar-refractivity contribution in [2.75, 3.05) is 19.5 Å². The SMILES string of the molecule is CO[C@@](CO)(OF)[C@@H](O)[C@@H](F)n1ccc(N)nc1=O. The molecular formula is C9H13F2N3O5. The first kappa shape index (κ1) is 15.4. The minimum absolute atomic E-state index is 0.148. The van der Waals surface area contributed by atoms with Crippen LogP contribution in [0.1, 0.15) is 6.30 Å². The van der Waals surface area contributed by atoms with Gasteiger partial charge in [-0.25, -0.2) is 9.18 Å². The lowest BCUT2D eigenvalue weighted by Crippen LogP contribution is -2.52. The number of aliphatic hydroxyl groups is 2. The van der Waals surface area contributed by atoms with Gasteiger partial charge in [0.25, 0.3) is 5.79 Å². The van der Waals surface area contributed by atoms with Gasteiger partial charge in [0.15, 0.2) is 6.10 Å². The molecule has 1 aromatic heterocycles. The maximum Gasteiger partial charge on any atom is 0.351 e. The van der Waals surface area contributed by atoms with Gasteiger partial charge >= 0.3 is 5.69 Å². The summed E-state index contributed by atoms with van der Waals surface area (Å²) in [5.41, 5.74) is 4.11. The molecule has 8 nitrogen and oxygen atoms in total. The van der Waals surface area contributed by atoms with Crippen LogP contribution in [0.5, 0.6) is 0 Å². The van der Waals surface area contributed by atoms with E-state index in [1.807, 2.05) is 0 Å². The summed E-state index contributed by atoms with van der Waals surface area (Å²) in [6.45, 7) is -1.18. The average Bonchev–Trinajstić information content (AvgIpc) is 2.40. The number of hydrogen-bond donors (Lipinski definition) is 3. The third-order valence-corrected chi connectivity index (χ3v) is 2.52. The summed E-state index contributed by atoms with van der Waals surface area (Å²) in [5, 5.41) is 18.5. The number of alkyl halides is 1. The first-order chi connectivity index (χ1) is 8.91. The Morgan fingerprint density at radius 2 is 2.32 bits per heavy atom. The molecule has 0 fully saturated rings. The van der Waals surface area contributed by atoms with Crippen molar-refractivity contribution in [1.82, 2.24) is 9.55 Å². The smallest absolute Gasteiger partial charge is 0.351 e. The molecule has 1 aromatic rings. The molecule has 0 saturated carbocycles. The van der Waals surface area contributed by atoms with Crippen LogP contribution in [0.3, 0.4) is 0 Å². The van der Waals surface area contributed by atoms with Crippen LogP contribution in [-0.4, -0.2) is 45.4 Å². The third-order valence-electron chi connectivity index (χ3n) is 2.52. The molecule has 0 aliphatic carbocycles. The van der Waals surface area contributed by atoms with Crippen molar-refractivity contribution in [2.45, 2.75) is 18.2 Å². The van der Waals surface area contributed by atoms with E-state index in [1.54, 1.807) is 0 Å². The van der Waals surface area contributed by atoms with E-state index in [-0.39, 0.29) is 5.82 Å². The molecule has 0 aliphatic rings. The fourth-order valence-electron chi connectivity index (χ4n) is 1.36. The highest BCUT2D eigenvalue weighted by Gasteiger charge is 2.46. The van der Waals surface area contributed by atoms with Crippen LogP contribution in [0.25, 0.3) is 0 Å². The van der Waals surface area contributed by atoms with Crippen LogP contribution in [0.15, 0.2) is 17.1 Å². The fraction of sp³-hybridized carbons (Fsp3) is 0.556. The normalized spacial score (nSPS) is 17.7. The highest BCUT2D eigenvalue weighted by molar-refractivity contribution is 5.23. The van der Waals surface area contributed by atoms with Crippen molar-refractivity contribution >= 4 is 5.82 Å². The number of halogens is 2. The summed E-state index contributed by atoms with van der Waals surface area (Å²) < 4.78 is 31.1. The highest BCUT2D eigenvalue weighted by atomic mass is 19.3. The van der Waals surface area contributed by atoms with Crippen molar-refractivity contribution in [2.24, 2.45) is 0 Å². The quantitative estimate of drug-likeness (QED) is 0.565. The number of rotatable bonds is 6. The van der Waals surface area contributed by atoms with Gasteiger partial charge < -0.3 is 20.7 Å². The van der Waals surface area contributed by atoms with E-state index in [9.17, 15) is 18.8 Å². The standard InChI is InChI=1S/C9H13F2N3O5/c1-18-9(4-15,19-11)6(16)7(10)14-3-2-5(12)13-8(14)17/h2-3,6-7,15-16H,4H2,1H3,(H2,12,13,17)/t6-,7-,9-/m0/s1. The van der Waals surface area contributed by atoms with E-state index in [2.05, 4.69) is 14.7 Å². The Morgan fingerprint density at radius 3 is 2.74 bits per heavy atom. The number of anilines is 1. The molecule has 19 heavy (non-hydrogen) atoms. The van der Waals surface area contributed by atoms with Crippen LogP contribution >= 0.6 is 0 Å². The average molecular weight is 281 g/mol. The van der Waals surface area contributed by atoms with Gasteiger partial charge in [-0.15, -0.1) is 0 Å². The Morgan fingerprint density at radius 1 is 1.68 bits per heavy atom. The molecule has 0 unspecified atom stereocenters. The van der Waals surface area contributed by atoms with Crippen LogP contribution in [-0.2, 0) is 9.68 Å². The summed E-state index contributed by atoms with van der Waals surface area (Å²) in [4.78, 5) is 17.9. The molecule has 3 atom stereocenters. The molecule has 0 aromatic carbocycles.